The van der Waals surface area contributed by atoms with Crippen molar-refractivity contribution in [3.05, 3.63) is 53.0 Å². The van der Waals surface area contributed by atoms with Crippen LogP contribution in [0.15, 0.2) is 41.6 Å². The molecule has 0 saturated heterocycles. The predicted octanol–water partition coefficient (Wildman–Crippen LogP) is 1.64. The lowest BCUT2D eigenvalue weighted by molar-refractivity contribution is -0.207. The molecular weight excluding hydrogens is 332 g/mol. The molecule has 0 amide bonds. The van der Waals surface area contributed by atoms with Crippen LogP contribution < -0.4 is 5.56 Å². The fourth-order valence-corrected chi connectivity index (χ4v) is 2.14. The lowest BCUT2D eigenvalue weighted by atomic mass is 10.3. The SMILES string of the molecule is O=c1c2cnn(-c3ccc(F)cc3)c2ncn1C[C@@H](O)C(F)(F)F. The van der Waals surface area contributed by atoms with E-state index in [4.69, 9.17) is 5.11 Å². The van der Waals surface area contributed by atoms with Gasteiger partial charge in [0.25, 0.3) is 5.56 Å². The Hall–Kier alpha value is -2.75. The zero-order valence-electron chi connectivity index (χ0n) is 11.9. The van der Waals surface area contributed by atoms with Crippen LogP contribution in [0.4, 0.5) is 17.6 Å². The van der Waals surface area contributed by atoms with Crippen LogP contribution in [0.1, 0.15) is 0 Å². The van der Waals surface area contributed by atoms with Gasteiger partial charge in [0.2, 0.25) is 0 Å². The second-order valence-corrected chi connectivity index (χ2v) is 5.03. The van der Waals surface area contributed by atoms with Gasteiger partial charge in [-0.25, -0.2) is 14.1 Å². The van der Waals surface area contributed by atoms with Crippen LogP contribution in [0.25, 0.3) is 16.7 Å². The van der Waals surface area contributed by atoms with E-state index in [9.17, 15) is 22.4 Å². The van der Waals surface area contributed by atoms with E-state index in [0.717, 1.165) is 12.5 Å². The molecule has 0 aliphatic heterocycles. The lowest BCUT2D eigenvalue weighted by Crippen LogP contribution is -2.36. The van der Waals surface area contributed by atoms with E-state index in [2.05, 4.69) is 10.1 Å². The number of nitrogens with zero attached hydrogens (tertiary/aromatic N) is 4. The van der Waals surface area contributed by atoms with Crippen LogP contribution in [0.5, 0.6) is 0 Å². The Balaban J connectivity index is 2.03. The van der Waals surface area contributed by atoms with Crippen LogP contribution in [-0.4, -0.2) is 36.7 Å². The zero-order chi connectivity index (χ0) is 17.5. The predicted molar refractivity (Wildman–Crippen MR) is 75.1 cm³/mol. The van der Waals surface area contributed by atoms with Crippen molar-refractivity contribution in [3.8, 4) is 5.69 Å². The first-order valence-electron chi connectivity index (χ1n) is 6.71. The van der Waals surface area contributed by atoms with Gasteiger partial charge in [-0.1, -0.05) is 0 Å². The molecule has 0 spiro atoms. The molecule has 2 heterocycles. The smallest absolute Gasteiger partial charge is 0.382 e. The standard InChI is InChI=1S/C14H10F4N4O2/c15-8-1-3-9(4-2-8)22-12-10(5-20-22)13(24)21(7-19-12)6-11(23)14(16,17)18/h1-5,7,11,23H,6H2/t11-/m1/s1. The van der Waals surface area contributed by atoms with E-state index in [-0.39, 0.29) is 11.0 Å². The highest BCUT2D eigenvalue weighted by molar-refractivity contribution is 5.74. The molecule has 1 N–H and O–H groups in total. The van der Waals surface area contributed by atoms with Gasteiger partial charge in [-0.2, -0.15) is 18.3 Å². The molecular formula is C14H10F4N4O2. The number of hydrogen-bond donors (Lipinski definition) is 1. The number of hydrogen-bond acceptors (Lipinski definition) is 4. The molecule has 0 bridgehead atoms. The van der Waals surface area contributed by atoms with E-state index in [1.165, 1.54) is 28.9 Å². The van der Waals surface area contributed by atoms with Crippen molar-refractivity contribution in [2.24, 2.45) is 0 Å². The van der Waals surface area contributed by atoms with Crippen molar-refractivity contribution in [1.29, 1.82) is 0 Å². The minimum atomic E-state index is -4.84. The van der Waals surface area contributed by atoms with Gasteiger partial charge >= 0.3 is 6.18 Å². The maximum atomic E-state index is 13.0. The first-order chi connectivity index (χ1) is 11.3. The largest absolute Gasteiger partial charge is 0.416 e. The second kappa shape index (κ2) is 5.71. The fraction of sp³-hybridized carbons (Fsp3) is 0.214. The van der Waals surface area contributed by atoms with Crippen molar-refractivity contribution in [3.63, 3.8) is 0 Å². The highest BCUT2D eigenvalue weighted by Gasteiger charge is 2.38. The van der Waals surface area contributed by atoms with Gasteiger partial charge in [0, 0.05) is 0 Å². The molecule has 24 heavy (non-hydrogen) atoms. The summed E-state index contributed by atoms with van der Waals surface area (Å²) in [6, 6.07) is 5.23. The highest BCUT2D eigenvalue weighted by Crippen LogP contribution is 2.21. The van der Waals surface area contributed by atoms with Crippen molar-refractivity contribution in [1.82, 2.24) is 19.3 Å². The number of aliphatic hydroxyl groups excluding tert-OH is 1. The summed E-state index contributed by atoms with van der Waals surface area (Å²) in [6.45, 7) is -0.965. The summed E-state index contributed by atoms with van der Waals surface area (Å²) in [7, 11) is 0. The first kappa shape index (κ1) is 16.1. The second-order valence-electron chi connectivity index (χ2n) is 5.03. The number of rotatable bonds is 3. The molecule has 0 aliphatic carbocycles. The Kier molecular flexibility index (Phi) is 3.84. The number of aromatic nitrogens is 4. The summed E-state index contributed by atoms with van der Waals surface area (Å²) in [6.07, 6.45) is -5.46. The number of halogens is 4. The summed E-state index contributed by atoms with van der Waals surface area (Å²) in [5, 5.41) is 13.0. The third kappa shape index (κ3) is 2.87. The van der Waals surface area contributed by atoms with Gasteiger partial charge in [0.05, 0.1) is 18.4 Å². The molecule has 6 nitrogen and oxygen atoms in total. The van der Waals surface area contributed by atoms with Crippen LogP contribution in [0.2, 0.25) is 0 Å². The molecule has 0 fully saturated rings. The van der Waals surface area contributed by atoms with Gasteiger partial charge in [0.1, 0.15) is 17.5 Å². The van der Waals surface area contributed by atoms with E-state index in [1.807, 2.05) is 0 Å². The van der Waals surface area contributed by atoms with E-state index < -0.39 is 30.2 Å². The Bertz CT molecular complexity index is 931. The van der Waals surface area contributed by atoms with Crippen molar-refractivity contribution in [2.75, 3.05) is 0 Å². The molecule has 0 unspecified atom stereocenters. The minimum Gasteiger partial charge on any atom is -0.382 e. The molecule has 1 atom stereocenters. The fourth-order valence-electron chi connectivity index (χ4n) is 2.14. The monoisotopic (exact) mass is 342 g/mol. The van der Waals surface area contributed by atoms with Crippen molar-refractivity contribution < 1.29 is 22.7 Å². The number of alkyl halides is 3. The average Bonchev–Trinajstić information content (AvgIpc) is 2.94. The van der Waals surface area contributed by atoms with E-state index in [1.54, 1.807) is 0 Å². The Morgan fingerprint density at radius 2 is 1.88 bits per heavy atom. The Morgan fingerprint density at radius 1 is 1.21 bits per heavy atom. The van der Waals surface area contributed by atoms with Gasteiger partial charge in [0.15, 0.2) is 11.8 Å². The lowest BCUT2D eigenvalue weighted by Gasteiger charge is -2.15. The highest BCUT2D eigenvalue weighted by atomic mass is 19.4. The molecule has 1 aromatic carbocycles. The van der Waals surface area contributed by atoms with Gasteiger partial charge in [-0.3, -0.25) is 9.36 Å². The maximum absolute atomic E-state index is 13.0. The van der Waals surface area contributed by atoms with Crippen molar-refractivity contribution >= 4 is 11.0 Å². The first-order valence-corrected chi connectivity index (χ1v) is 6.71. The van der Waals surface area contributed by atoms with E-state index in [0.29, 0.717) is 10.3 Å². The molecule has 3 rings (SSSR count). The number of aliphatic hydroxyl groups is 1. The van der Waals surface area contributed by atoms with Gasteiger partial charge < -0.3 is 5.11 Å². The zero-order valence-corrected chi connectivity index (χ0v) is 11.9. The minimum absolute atomic E-state index is 0.0174. The molecule has 10 heteroatoms. The third-order valence-corrected chi connectivity index (χ3v) is 3.37. The Morgan fingerprint density at radius 3 is 2.50 bits per heavy atom. The van der Waals surface area contributed by atoms with Crippen LogP contribution in [-0.2, 0) is 6.54 Å². The molecule has 0 saturated carbocycles. The molecule has 3 aromatic rings. The summed E-state index contributed by atoms with van der Waals surface area (Å²) < 4.78 is 52.1. The number of benzene rings is 1. The molecule has 0 radical (unpaired) electrons. The van der Waals surface area contributed by atoms with E-state index >= 15 is 0 Å². The molecule has 126 valence electrons. The average molecular weight is 342 g/mol. The topological polar surface area (TPSA) is 72.9 Å². The van der Waals surface area contributed by atoms with Crippen LogP contribution in [0, 0.1) is 5.82 Å². The molecule has 2 aromatic heterocycles. The summed E-state index contributed by atoms with van der Waals surface area (Å²) in [4.78, 5) is 16.1. The summed E-state index contributed by atoms with van der Waals surface area (Å²) >= 11 is 0. The van der Waals surface area contributed by atoms with Crippen LogP contribution in [0.3, 0.4) is 0 Å². The molecule has 0 aliphatic rings. The van der Waals surface area contributed by atoms with Crippen LogP contribution >= 0.6 is 0 Å². The van der Waals surface area contributed by atoms with Crippen molar-refractivity contribution in [2.45, 2.75) is 18.8 Å². The van der Waals surface area contributed by atoms with Gasteiger partial charge in [-0.05, 0) is 24.3 Å². The third-order valence-electron chi connectivity index (χ3n) is 3.37. The Labute approximate surface area is 131 Å². The quantitative estimate of drug-likeness (QED) is 0.735. The summed E-state index contributed by atoms with van der Waals surface area (Å²) in [5.74, 6) is -0.452. The van der Waals surface area contributed by atoms with Gasteiger partial charge in [-0.15, -0.1) is 0 Å². The number of fused-ring (bicyclic) bond motifs is 1. The maximum Gasteiger partial charge on any atom is 0.416 e. The summed E-state index contributed by atoms with van der Waals surface area (Å²) in [5.41, 5.74) is -0.215. The normalized spacial score (nSPS) is 13.4.